The quantitative estimate of drug-likeness (QED) is 0.601. The maximum absolute atomic E-state index is 12.2. The molecule has 2 aromatic rings. The van der Waals surface area contributed by atoms with Crippen molar-refractivity contribution in [2.75, 3.05) is 10.8 Å². The van der Waals surface area contributed by atoms with Crippen LogP contribution in [0.15, 0.2) is 47.4 Å². The molecule has 0 bridgehead atoms. The van der Waals surface area contributed by atoms with Crippen molar-refractivity contribution in [3.63, 3.8) is 0 Å². The number of anilines is 2. The number of carbonyl (C=O) groups excluding carboxylic acids is 1. The molecule has 0 spiro atoms. The third kappa shape index (κ3) is 4.03. The lowest BCUT2D eigenvalue weighted by Gasteiger charge is -2.23. The normalized spacial score (nSPS) is 11.2. The Bertz CT molecular complexity index is 900. The number of aryl methyl sites for hydroxylation is 2. The molecule has 0 aliphatic rings. The first-order chi connectivity index (χ1) is 11.6. The Kier molecular flexibility index (Phi) is 5.22. The molecule has 8 heteroatoms. The number of benzene rings is 2. The number of carbonyl (C=O) groups is 1. The molecule has 0 unspecified atom stereocenters. The van der Waals surface area contributed by atoms with Gasteiger partial charge in [-0.25, -0.2) is 8.42 Å². The molecule has 0 fully saturated rings. The van der Waals surface area contributed by atoms with E-state index in [9.17, 15) is 23.3 Å². The number of rotatable bonds is 5. The molecule has 0 aliphatic heterocycles. The highest BCUT2D eigenvalue weighted by Crippen LogP contribution is 2.31. The van der Waals surface area contributed by atoms with E-state index in [-0.39, 0.29) is 10.8 Å². The molecular weight excluding hydrogens is 344 g/mol. The van der Waals surface area contributed by atoms with Crippen LogP contribution >= 0.6 is 0 Å². The van der Waals surface area contributed by atoms with E-state index in [1.807, 2.05) is 6.07 Å². The number of nitrogens with zero attached hydrogens (tertiary/aromatic N) is 2. The van der Waals surface area contributed by atoms with Crippen LogP contribution in [-0.2, 0) is 14.6 Å². The molecule has 0 radical (unpaired) electrons. The molecule has 0 heterocycles. The van der Waals surface area contributed by atoms with Crippen molar-refractivity contribution in [1.29, 1.82) is 0 Å². The SMILES string of the molecule is CC(=O)N(c1ccccc1)c1cc(C)c(S(=O)(=O)C[N+](=O)[O-])c(C)c1. The highest BCUT2D eigenvalue weighted by molar-refractivity contribution is 7.91. The molecule has 0 saturated carbocycles. The average Bonchev–Trinajstić information content (AvgIpc) is 2.45. The Labute approximate surface area is 146 Å². The van der Waals surface area contributed by atoms with Crippen molar-refractivity contribution in [2.24, 2.45) is 0 Å². The van der Waals surface area contributed by atoms with E-state index in [2.05, 4.69) is 0 Å². The van der Waals surface area contributed by atoms with Gasteiger partial charge in [-0.1, -0.05) is 18.2 Å². The molecule has 7 nitrogen and oxygen atoms in total. The molecule has 2 aromatic carbocycles. The summed E-state index contributed by atoms with van der Waals surface area (Å²) >= 11 is 0. The lowest BCUT2D eigenvalue weighted by molar-refractivity contribution is -0.458. The topological polar surface area (TPSA) is 97.6 Å². The van der Waals surface area contributed by atoms with E-state index < -0.39 is 20.6 Å². The molecule has 0 N–H and O–H groups in total. The lowest BCUT2D eigenvalue weighted by Crippen LogP contribution is -2.23. The molecule has 0 aliphatic carbocycles. The second-order valence-corrected chi connectivity index (χ2v) is 7.57. The maximum atomic E-state index is 12.2. The van der Waals surface area contributed by atoms with Gasteiger partial charge in [0.15, 0.2) is 0 Å². The second kappa shape index (κ2) is 7.02. The Morgan fingerprint density at radius 3 is 2.04 bits per heavy atom. The zero-order chi connectivity index (χ0) is 18.8. The molecule has 25 heavy (non-hydrogen) atoms. The molecule has 2 rings (SSSR count). The van der Waals surface area contributed by atoms with Crippen LogP contribution in [0.2, 0.25) is 0 Å². The first-order valence-corrected chi connectivity index (χ1v) is 9.10. The van der Waals surface area contributed by atoms with Crippen LogP contribution in [0, 0.1) is 24.0 Å². The summed E-state index contributed by atoms with van der Waals surface area (Å²) in [6.45, 7) is 4.54. The maximum Gasteiger partial charge on any atom is 0.305 e. The van der Waals surface area contributed by atoms with E-state index in [0.717, 1.165) is 0 Å². The molecule has 0 atom stereocenters. The summed E-state index contributed by atoms with van der Waals surface area (Å²) < 4.78 is 24.5. The molecule has 0 saturated heterocycles. The summed E-state index contributed by atoms with van der Waals surface area (Å²) in [6.07, 6.45) is 0. The highest BCUT2D eigenvalue weighted by Gasteiger charge is 2.27. The molecular formula is C17H18N2O5S. The van der Waals surface area contributed by atoms with Crippen LogP contribution in [0.4, 0.5) is 11.4 Å². The van der Waals surface area contributed by atoms with Gasteiger partial charge in [0.25, 0.3) is 0 Å². The van der Waals surface area contributed by atoms with Crippen LogP contribution < -0.4 is 4.90 Å². The van der Waals surface area contributed by atoms with Gasteiger partial charge in [-0.15, -0.1) is 0 Å². The van der Waals surface area contributed by atoms with Crippen molar-refractivity contribution in [1.82, 2.24) is 0 Å². The first kappa shape index (κ1) is 18.6. The van der Waals surface area contributed by atoms with Crippen LogP contribution in [-0.4, -0.2) is 25.1 Å². The zero-order valence-electron chi connectivity index (χ0n) is 14.1. The van der Waals surface area contributed by atoms with Gasteiger partial charge in [0.1, 0.15) is 0 Å². The average molecular weight is 362 g/mol. The summed E-state index contributed by atoms with van der Waals surface area (Å²) in [6, 6.07) is 12.0. The van der Waals surface area contributed by atoms with Crippen LogP contribution in [0.1, 0.15) is 18.1 Å². The largest absolute Gasteiger partial charge is 0.305 e. The van der Waals surface area contributed by atoms with Crippen molar-refractivity contribution in [3.8, 4) is 0 Å². The fourth-order valence-corrected chi connectivity index (χ4v) is 4.35. The third-order valence-electron chi connectivity index (χ3n) is 3.62. The number of amides is 1. The van der Waals surface area contributed by atoms with Crippen LogP contribution in [0.3, 0.4) is 0 Å². The molecule has 0 aromatic heterocycles. The van der Waals surface area contributed by atoms with E-state index in [4.69, 9.17) is 0 Å². The minimum absolute atomic E-state index is 0.0653. The fraction of sp³-hybridized carbons (Fsp3) is 0.235. The van der Waals surface area contributed by atoms with Gasteiger partial charge in [-0.05, 0) is 49.2 Å². The van der Waals surface area contributed by atoms with E-state index >= 15 is 0 Å². The minimum atomic E-state index is -4.05. The van der Waals surface area contributed by atoms with Gasteiger partial charge >= 0.3 is 5.88 Å². The Hall–Kier alpha value is -2.74. The van der Waals surface area contributed by atoms with E-state index in [1.54, 1.807) is 50.2 Å². The van der Waals surface area contributed by atoms with Crippen molar-refractivity contribution in [3.05, 3.63) is 63.7 Å². The molecule has 1 amide bonds. The Morgan fingerprint density at radius 1 is 1.08 bits per heavy atom. The van der Waals surface area contributed by atoms with Crippen molar-refractivity contribution < 1.29 is 18.1 Å². The fourth-order valence-electron chi connectivity index (χ4n) is 2.84. The van der Waals surface area contributed by atoms with Crippen LogP contribution in [0.5, 0.6) is 0 Å². The predicted molar refractivity (Wildman–Crippen MR) is 94.2 cm³/mol. The first-order valence-electron chi connectivity index (χ1n) is 7.45. The van der Waals surface area contributed by atoms with Gasteiger partial charge in [0, 0.05) is 23.2 Å². The molecule has 132 valence electrons. The number of nitro groups is 1. The van der Waals surface area contributed by atoms with Gasteiger partial charge in [-0.2, -0.15) is 0 Å². The summed E-state index contributed by atoms with van der Waals surface area (Å²) in [4.78, 5) is 23.3. The predicted octanol–water partition coefficient (Wildman–Crippen LogP) is 3.00. The zero-order valence-corrected chi connectivity index (χ0v) is 14.9. The standard InChI is InChI=1S/C17H18N2O5S/c1-12-9-16(19(14(3)20)15-7-5-4-6-8-15)10-13(2)17(12)25(23,24)11-18(21)22/h4-10H,11H2,1-3H3. The summed E-state index contributed by atoms with van der Waals surface area (Å²) in [5.41, 5.74) is 1.88. The number of para-hydroxylation sites is 1. The monoisotopic (exact) mass is 362 g/mol. The highest BCUT2D eigenvalue weighted by atomic mass is 32.2. The number of sulfone groups is 1. The smallest absolute Gasteiger partial charge is 0.281 e. The third-order valence-corrected chi connectivity index (χ3v) is 5.44. The summed E-state index contributed by atoms with van der Waals surface area (Å²) in [5.74, 6) is -1.39. The number of hydrogen-bond acceptors (Lipinski definition) is 5. The summed E-state index contributed by atoms with van der Waals surface area (Å²) in [7, 11) is -4.05. The minimum Gasteiger partial charge on any atom is -0.281 e. The summed E-state index contributed by atoms with van der Waals surface area (Å²) in [5, 5.41) is 10.6. The van der Waals surface area contributed by atoms with Gasteiger partial charge in [-0.3, -0.25) is 19.8 Å². The van der Waals surface area contributed by atoms with Gasteiger partial charge in [0.05, 0.1) is 4.90 Å². The van der Waals surface area contributed by atoms with E-state index in [0.29, 0.717) is 22.5 Å². The Balaban J connectivity index is 2.59. The second-order valence-electron chi connectivity index (χ2n) is 5.68. The Morgan fingerprint density at radius 2 is 1.60 bits per heavy atom. The number of hydrogen-bond donors (Lipinski definition) is 0. The van der Waals surface area contributed by atoms with E-state index in [1.165, 1.54) is 11.8 Å². The van der Waals surface area contributed by atoms with Crippen LogP contribution in [0.25, 0.3) is 0 Å². The van der Waals surface area contributed by atoms with Crippen molar-refractivity contribution in [2.45, 2.75) is 25.7 Å². The van der Waals surface area contributed by atoms with Gasteiger partial charge < -0.3 is 0 Å². The lowest BCUT2D eigenvalue weighted by atomic mass is 10.1. The van der Waals surface area contributed by atoms with Gasteiger partial charge in [0.2, 0.25) is 15.7 Å². The van der Waals surface area contributed by atoms with Crippen molar-refractivity contribution >= 4 is 27.1 Å².